The van der Waals surface area contributed by atoms with Crippen LogP contribution in [0.2, 0.25) is 0 Å². The number of amides is 1. The zero-order valence-corrected chi connectivity index (χ0v) is 11.6. The molecule has 0 bridgehead atoms. The fourth-order valence-electron chi connectivity index (χ4n) is 1.57. The highest BCUT2D eigenvalue weighted by Gasteiger charge is 2.07. The topological polar surface area (TPSA) is 51.2 Å². The van der Waals surface area contributed by atoms with Gasteiger partial charge in [-0.15, -0.1) is 12.4 Å². The summed E-state index contributed by atoms with van der Waals surface area (Å²) >= 11 is 0. The molecule has 21 heavy (non-hydrogen) atoms. The molecular formula is C14H13ClF2N2O2. The molecule has 2 rings (SSSR count). The van der Waals surface area contributed by atoms with Gasteiger partial charge in [0.15, 0.2) is 0 Å². The van der Waals surface area contributed by atoms with E-state index in [1.165, 1.54) is 24.3 Å². The van der Waals surface area contributed by atoms with Gasteiger partial charge in [0.1, 0.15) is 5.75 Å². The first-order valence-corrected chi connectivity index (χ1v) is 5.87. The van der Waals surface area contributed by atoms with Crippen molar-refractivity contribution >= 4 is 18.3 Å². The van der Waals surface area contributed by atoms with Crippen LogP contribution in [0.3, 0.4) is 0 Å². The Morgan fingerprint density at radius 2 is 1.95 bits per heavy atom. The van der Waals surface area contributed by atoms with Crippen molar-refractivity contribution in [2.45, 2.75) is 13.2 Å². The number of pyridine rings is 1. The average molecular weight is 315 g/mol. The summed E-state index contributed by atoms with van der Waals surface area (Å²) in [5.41, 5.74) is 1.24. The van der Waals surface area contributed by atoms with Crippen molar-refractivity contribution in [3.63, 3.8) is 0 Å². The van der Waals surface area contributed by atoms with Gasteiger partial charge in [0.25, 0.3) is 5.91 Å². The van der Waals surface area contributed by atoms with Gasteiger partial charge in [-0.05, 0) is 35.9 Å². The molecule has 2 aromatic rings. The van der Waals surface area contributed by atoms with Crippen molar-refractivity contribution in [1.29, 1.82) is 0 Å². The zero-order chi connectivity index (χ0) is 14.4. The molecule has 0 aliphatic carbocycles. The first-order chi connectivity index (χ1) is 9.65. The highest BCUT2D eigenvalue weighted by molar-refractivity contribution is 5.94. The maximum atomic E-state index is 12.0. The van der Waals surface area contributed by atoms with E-state index in [0.717, 1.165) is 5.56 Å². The number of aromatic nitrogens is 1. The van der Waals surface area contributed by atoms with E-state index in [1.54, 1.807) is 18.5 Å². The SMILES string of the molecule is Cl.O=C(NCc1cccnc1)c1ccc(OC(F)F)cc1. The van der Waals surface area contributed by atoms with E-state index < -0.39 is 6.61 Å². The van der Waals surface area contributed by atoms with E-state index in [9.17, 15) is 13.6 Å². The maximum Gasteiger partial charge on any atom is 0.387 e. The number of nitrogens with one attached hydrogen (secondary N) is 1. The lowest BCUT2D eigenvalue weighted by atomic mass is 10.2. The number of nitrogens with zero attached hydrogens (tertiary/aromatic N) is 1. The summed E-state index contributed by atoms with van der Waals surface area (Å²) in [6.07, 6.45) is 3.30. The fourth-order valence-corrected chi connectivity index (χ4v) is 1.57. The molecule has 1 heterocycles. The zero-order valence-electron chi connectivity index (χ0n) is 10.8. The number of hydrogen-bond donors (Lipinski definition) is 1. The monoisotopic (exact) mass is 314 g/mol. The summed E-state index contributed by atoms with van der Waals surface area (Å²) in [6, 6.07) is 9.12. The van der Waals surface area contributed by atoms with Gasteiger partial charge in [0.05, 0.1) is 0 Å². The fraction of sp³-hybridized carbons (Fsp3) is 0.143. The van der Waals surface area contributed by atoms with Gasteiger partial charge in [-0.2, -0.15) is 8.78 Å². The maximum absolute atomic E-state index is 12.0. The van der Waals surface area contributed by atoms with Crippen LogP contribution in [0.5, 0.6) is 5.75 Å². The second-order valence-corrected chi connectivity index (χ2v) is 3.95. The molecule has 1 aromatic carbocycles. The molecular weight excluding hydrogens is 302 g/mol. The Kier molecular flexibility index (Phi) is 6.55. The first-order valence-electron chi connectivity index (χ1n) is 5.87. The highest BCUT2D eigenvalue weighted by atomic mass is 35.5. The van der Waals surface area contributed by atoms with Crippen LogP contribution in [-0.4, -0.2) is 17.5 Å². The van der Waals surface area contributed by atoms with E-state index in [1.807, 2.05) is 6.07 Å². The Hall–Kier alpha value is -2.21. The predicted octanol–water partition coefficient (Wildman–Crippen LogP) is 3.03. The quantitative estimate of drug-likeness (QED) is 0.923. The molecule has 0 aliphatic heterocycles. The van der Waals surface area contributed by atoms with E-state index in [4.69, 9.17) is 0 Å². The lowest BCUT2D eigenvalue weighted by molar-refractivity contribution is -0.0498. The minimum atomic E-state index is -2.87. The number of benzene rings is 1. The van der Waals surface area contributed by atoms with Crippen LogP contribution >= 0.6 is 12.4 Å². The molecule has 0 saturated carbocycles. The van der Waals surface area contributed by atoms with Crippen LogP contribution in [0.15, 0.2) is 48.8 Å². The Morgan fingerprint density at radius 3 is 2.52 bits per heavy atom. The molecule has 4 nitrogen and oxygen atoms in total. The summed E-state index contributed by atoms with van der Waals surface area (Å²) in [6.45, 7) is -2.53. The van der Waals surface area contributed by atoms with Crippen LogP contribution < -0.4 is 10.1 Å². The van der Waals surface area contributed by atoms with E-state index >= 15 is 0 Å². The molecule has 0 atom stereocenters. The van der Waals surface area contributed by atoms with Crippen LogP contribution in [0.4, 0.5) is 8.78 Å². The molecule has 1 aromatic heterocycles. The van der Waals surface area contributed by atoms with E-state index in [2.05, 4.69) is 15.0 Å². The van der Waals surface area contributed by atoms with Crippen molar-refractivity contribution in [2.24, 2.45) is 0 Å². The normalized spacial score (nSPS) is 9.86. The number of rotatable bonds is 5. The standard InChI is InChI=1S/C14H12F2N2O2.ClH/c15-14(16)20-12-5-3-11(4-6-12)13(19)18-9-10-2-1-7-17-8-10;/h1-8,14H,9H2,(H,18,19);1H. The van der Waals surface area contributed by atoms with Crippen LogP contribution in [0, 0.1) is 0 Å². The summed E-state index contributed by atoms with van der Waals surface area (Å²) in [7, 11) is 0. The lowest BCUT2D eigenvalue weighted by Crippen LogP contribution is -2.22. The van der Waals surface area contributed by atoms with Gasteiger partial charge >= 0.3 is 6.61 Å². The number of halogens is 3. The Bertz CT molecular complexity index is 565. The van der Waals surface area contributed by atoms with Crippen LogP contribution in [-0.2, 0) is 6.54 Å². The van der Waals surface area contributed by atoms with Gasteiger partial charge in [0, 0.05) is 24.5 Å². The Morgan fingerprint density at radius 1 is 1.24 bits per heavy atom. The van der Waals surface area contributed by atoms with Gasteiger partial charge in [-0.3, -0.25) is 9.78 Å². The van der Waals surface area contributed by atoms with Crippen LogP contribution in [0.25, 0.3) is 0 Å². The van der Waals surface area contributed by atoms with E-state index in [0.29, 0.717) is 12.1 Å². The summed E-state index contributed by atoms with van der Waals surface area (Å²) in [5.74, 6) is -0.277. The minimum Gasteiger partial charge on any atom is -0.435 e. The number of ether oxygens (including phenoxy) is 1. The van der Waals surface area contributed by atoms with Gasteiger partial charge in [0.2, 0.25) is 0 Å². The van der Waals surface area contributed by atoms with Crippen molar-refractivity contribution in [2.75, 3.05) is 0 Å². The molecule has 0 unspecified atom stereocenters. The minimum absolute atomic E-state index is 0. The number of alkyl halides is 2. The summed E-state index contributed by atoms with van der Waals surface area (Å²) in [5, 5.41) is 2.71. The molecule has 0 fully saturated rings. The van der Waals surface area contributed by atoms with Gasteiger partial charge in [-0.1, -0.05) is 6.07 Å². The van der Waals surface area contributed by atoms with Gasteiger partial charge < -0.3 is 10.1 Å². The highest BCUT2D eigenvalue weighted by Crippen LogP contribution is 2.14. The molecule has 7 heteroatoms. The van der Waals surface area contributed by atoms with Crippen molar-refractivity contribution in [1.82, 2.24) is 10.3 Å². The number of carbonyl (C=O) groups is 1. The molecule has 0 radical (unpaired) electrons. The molecule has 0 spiro atoms. The second kappa shape index (κ2) is 8.16. The van der Waals surface area contributed by atoms with Gasteiger partial charge in [-0.25, -0.2) is 0 Å². The molecule has 0 aliphatic rings. The molecule has 112 valence electrons. The average Bonchev–Trinajstić information content (AvgIpc) is 2.46. The molecule has 0 saturated heterocycles. The number of hydrogen-bond acceptors (Lipinski definition) is 3. The van der Waals surface area contributed by atoms with Crippen molar-refractivity contribution in [3.8, 4) is 5.75 Å². The Balaban J connectivity index is 0.00000220. The number of carbonyl (C=O) groups excluding carboxylic acids is 1. The second-order valence-electron chi connectivity index (χ2n) is 3.95. The lowest BCUT2D eigenvalue weighted by Gasteiger charge is -2.07. The van der Waals surface area contributed by atoms with Crippen LogP contribution in [0.1, 0.15) is 15.9 Å². The Labute approximate surface area is 126 Å². The smallest absolute Gasteiger partial charge is 0.387 e. The van der Waals surface area contributed by atoms with Crippen molar-refractivity contribution in [3.05, 3.63) is 59.9 Å². The third-order valence-electron chi connectivity index (χ3n) is 2.52. The molecule has 1 amide bonds. The first kappa shape index (κ1) is 16.8. The summed E-state index contributed by atoms with van der Waals surface area (Å²) in [4.78, 5) is 15.8. The molecule has 1 N–H and O–H groups in total. The summed E-state index contributed by atoms with van der Waals surface area (Å²) < 4.78 is 28.2. The third kappa shape index (κ3) is 5.35. The predicted molar refractivity (Wildman–Crippen MR) is 75.7 cm³/mol. The third-order valence-corrected chi connectivity index (χ3v) is 2.52. The van der Waals surface area contributed by atoms with E-state index in [-0.39, 0.29) is 24.1 Å². The largest absolute Gasteiger partial charge is 0.435 e. The van der Waals surface area contributed by atoms with Crippen molar-refractivity contribution < 1.29 is 18.3 Å².